The molecule has 0 spiro atoms. The third kappa shape index (κ3) is 2.16. The van der Waals surface area contributed by atoms with E-state index in [9.17, 15) is 0 Å². The molecule has 14 heavy (non-hydrogen) atoms. The maximum absolute atomic E-state index is 7.26. The summed E-state index contributed by atoms with van der Waals surface area (Å²) in [6.45, 7) is 0.408. The molecule has 0 aromatic heterocycles. The van der Waals surface area contributed by atoms with Crippen LogP contribution in [0.1, 0.15) is 49.1 Å². The first-order chi connectivity index (χ1) is 6.90. The number of rotatable bonds is 2. The highest BCUT2D eigenvalue weighted by molar-refractivity contribution is 5.25. The van der Waals surface area contributed by atoms with Crippen molar-refractivity contribution in [3.8, 4) is 0 Å². The lowest BCUT2D eigenvalue weighted by Crippen LogP contribution is -2.04. The highest BCUT2D eigenvalue weighted by atomic mass is 14.5. The van der Waals surface area contributed by atoms with Gasteiger partial charge in [-0.05, 0) is 29.9 Å². The van der Waals surface area contributed by atoms with Gasteiger partial charge in [0.2, 0.25) is 0 Å². The molecule has 1 saturated carbocycles. The van der Waals surface area contributed by atoms with Crippen molar-refractivity contribution in [3.63, 3.8) is 0 Å². The molecule has 0 saturated heterocycles. The molecule has 1 aromatic rings. The lowest BCUT2D eigenvalue weighted by atomic mass is 9.84. The summed E-state index contributed by atoms with van der Waals surface area (Å²) in [5.41, 5.74) is 9.88. The Hall–Kier alpha value is -0.820. The summed E-state index contributed by atoms with van der Waals surface area (Å²) in [7, 11) is 0. The van der Waals surface area contributed by atoms with Crippen molar-refractivity contribution in [2.45, 2.75) is 44.6 Å². The van der Waals surface area contributed by atoms with Gasteiger partial charge in [0.15, 0.2) is 0 Å². The van der Waals surface area contributed by atoms with Crippen molar-refractivity contribution in [1.82, 2.24) is 5.73 Å². The van der Waals surface area contributed by atoms with Crippen LogP contribution in [0, 0.1) is 0 Å². The Morgan fingerprint density at radius 1 is 1.00 bits per heavy atom. The minimum absolute atomic E-state index is 0.408. The molecule has 0 heterocycles. The molecule has 1 aliphatic carbocycles. The van der Waals surface area contributed by atoms with Gasteiger partial charge in [-0.1, -0.05) is 43.5 Å². The Kier molecular flexibility index (Phi) is 3.20. The van der Waals surface area contributed by atoms with Gasteiger partial charge in [-0.15, -0.1) is 0 Å². The Morgan fingerprint density at radius 2 is 1.64 bits per heavy atom. The Balaban J connectivity index is 2.07. The predicted octanol–water partition coefficient (Wildman–Crippen LogP) is 3.52. The maximum Gasteiger partial charge on any atom is 0.0351 e. The molecule has 0 unspecified atom stereocenters. The average molecular weight is 188 g/mol. The SMILES string of the molecule is [NH]Cc1ccc(C2CCCCC2)cc1. The highest BCUT2D eigenvalue weighted by Gasteiger charge is 2.14. The van der Waals surface area contributed by atoms with Gasteiger partial charge >= 0.3 is 0 Å². The average Bonchev–Trinajstić information content (AvgIpc) is 2.30. The second-order valence-electron chi connectivity index (χ2n) is 4.25. The van der Waals surface area contributed by atoms with E-state index in [0.29, 0.717) is 6.54 Å². The molecule has 0 atom stereocenters. The lowest BCUT2D eigenvalue weighted by molar-refractivity contribution is 0.443. The van der Waals surface area contributed by atoms with E-state index in [2.05, 4.69) is 24.3 Å². The quantitative estimate of drug-likeness (QED) is 0.678. The first kappa shape index (κ1) is 9.72. The summed E-state index contributed by atoms with van der Waals surface area (Å²) in [4.78, 5) is 0. The molecule has 1 aliphatic rings. The predicted molar refractivity (Wildman–Crippen MR) is 59.1 cm³/mol. The Labute approximate surface area is 86.3 Å². The van der Waals surface area contributed by atoms with Crippen molar-refractivity contribution in [3.05, 3.63) is 35.4 Å². The van der Waals surface area contributed by atoms with Gasteiger partial charge in [0, 0.05) is 6.54 Å². The van der Waals surface area contributed by atoms with Crippen LogP contribution in [0.5, 0.6) is 0 Å². The van der Waals surface area contributed by atoms with Crippen molar-refractivity contribution in [1.29, 1.82) is 0 Å². The van der Waals surface area contributed by atoms with Gasteiger partial charge in [0.25, 0.3) is 0 Å². The molecule has 1 heteroatoms. The van der Waals surface area contributed by atoms with E-state index in [-0.39, 0.29) is 0 Å². The van der Waals surface area contributed by atoms with Crippen molar-refractivity contribution in [2.75, 3.05) is 0 Å². The summed E-state index contributed by atoms with van der Waals surface area (Å²) in [6, 6.07) is 8.66. The van der Waals surface area contributed by atoms with Crippen LogP contribution in [-0.4, -0.2) is 0 Å². The number of benzene rings is 1. The van der Waals surface area contributed by atoms with Crippen LogP contribution >= 0.6 is 0 Å². The van der Waals surface area contributed by atoms with E-state index in [4.69, 9.17) is 5.73 Å². The fraction of sp³-hybridized carbons (Fsp3) is 0.538. The summed E-state index contributed by atoms with van der Waals surface area (Å²) >= 11 is 0. The minimum Gasteiger partial charge on any atom is -0.253 e. The van der Waals surface area contributed by atoms with Crippen LogP contribution in [0.25, 0.3) is 0 Å². The smallest absolute Gasteiger partial charge is 0.0351 e. The van der Waals surface area contributed by atoms with Crippen molar-refractivity contribution >= 4 is 0 Å². The van der Waals surface area contributed by atoms with Crippen LogP contribution in [0.15, 0.2) is 24.3 Å². The monoisotopic (exact) mass is 188 g/mol. The zero-order chi connectivity index (χ0) is 9.80. The molecule has 0 amide bonds. The third-order valence-electron chi connectivity index (χ3n) is 3.26. The number of hydrogen-bond donors (Lipinski definition) is 0. The molecule has 1 radical (unpaired) electrons. The summed E-state index contributed by atoms with van der Waals surface area (Å²) in [5.74, 6) is 0.795. The van der Waals surface area contributed by atoms with Gasteiger partial charge in [-0.3, -0.25) is 5.73 Å². The normalized spacial score (nSPS) is 18.4. The molecular weight excluding hydrogens is 170 g/mol. The van der Waals surface area contributed by atoms with E-state index in [1.165, 1.54) is 37.7 Å². The zero-order valence-corrected chi connectivity index (χ0v) is 8.63. The molecule has 1 nitrogen and oxygen atoms in total. The lowest BCUT2D eigenvalue weighted by Gasteiger charge is -2.21. The number of nitrogens with one attached hydrogen (secondary N) is 1. The molecule has 0 bridgehead atoms. The van der Waals surface area contributed by atoms with Crippen LogP contribution in [-0.2, 0) is 6.54 Å². The van der Waals surface area contributed by atoms with E-state index < -0.39 is 0 Å². The largest absolute Gasteiger partial charge is 0.253 e. The van der Waals surface area contributed by atoms with Gasteiger partial charge in [-0.25, -0.2) is 0 Å². The standard InChI is InChI=1S/C13H18N/c14-10-11-6-8-13(9-7-11)12-4-2-1-3-5-12/h6-9,12,14H,1-5,10H2. The van der Waals surface area contributed by atoms with Crippen molar-refractivity contribution < 1.29 is 0 Å². The van der Waals surface area contributed by atoms with Crippen LogP contribution < -0.4 is 5.73 Å². The maximum atomic E-state index is 7.26. The molecular formula is C13H18N. The Bertz CT molecular complexity index is 270. The van der Waals surface area contributed by atoms with Crippen LogP contribution in [0.2, 0.25) is 0 Å². The number of hydrogen-bond acceptors (Lipinski definition) is 0. The van der Waals surface area contributed by atoms with Crippen molar-refractivity contribution in [2.24, 2.45) is 0 Å². The second kappa shape index (κ2) is 4.61. The fourth-order valence-electron chi connectivity index (χ4n) is 2.34. The molecule has 1 fully saturated rings. The van der Waals surface area contributed by atoms with E-state index in [1.54, 1.807) is 0 Å². The Morgan fingerprint density at radius 3 is 2.21 bits per heavy atom. The van der Waals surface area contributed by atoms with Gasteiger partial charge < -0.3 is 0 Å². The first-order valence-electron chi connectivity index (χ1n) is 5.63. The molecule has 0 aliphatic heterocycles. The zero-order valence-electron chi connectivity index (χ0n) is 8.63. The summed E-state index contributed by atoms with van der Waals surface area (Å²) in [6.07, 6.45) is 6.93. The highest BCUT2D eigenvalue weighted by Crippen LogP contribution is 2.32. The molecule has 2 rings (SSSR count). The summed E-state index contributed by atoms with van der Waals surface area (Å²) in [5, 5.41) is 0. The van der Waals surface area contributed by atoms with E-state index in [0.717, 1.165) is 11.5 Å². The molecule has 1 N–H and O–H groups in total. The summed E-state index contributed by atoms with van der Waals surface area (Å²) < 4.78 is 0. The third-order valence-corrected chi connectivity index (χ3v) is 3.26. The fourth-order valence-corrected chi connectivity index (χ4v) is 2.34. The topological polar surface area (TPSA) is 23.8 Å². The van der Waals surface area contributed by atoms with E-state index >= 15 is 0 Å². The minimum atomic E-state index is 0.408. The second-order valence-corrected chi connectivity index (χ2v) is 4.25. The van der Waals surface area contributed by atoms with Crippen LogP contribution in [0.3, 0.4) is 0 Å². The van der Waals surface area contributed by atoms with Crippen LogP contribution in [0.4, 0.5) is 0 Å². The van der Waals surface area contributed by atoms with Gasteiger partial charge in [0.05, 0.1) is 0 Å². The van der Waals surface area contributed by atoms with Gasteiger partial charge in [-0.2, -0.15) is 0 Å². The van der Waals surface area contributed by atoms with Gasteiger partial charge in [0.1, 0.15) is 0 Å². The molecule has 1 aromatic carbocycles. The van der Waals surface area contributed by atoms with E-state index in [1.807, 2.05) is 0 Å². The molecule has 75 valence electrons. The first-order valence-corrected chi connectivity index (χ1v) is 5.63.